The summed E-state index contributed by atoms with van der Waals surface area (Å²) in [6, 6.07) is 0. The van der Waals surface area contributed by atoms with Crippen LogP contribution in [0.15, 0.2) is 72.9 Å². The third-order valence-corrected chi connectivity index (χ3v) is 10.2. The number of allylic oxidation sites excluding steroid dienone is 12. The van der Waals surface area contributed by atoms with Gasteiger partial charge in [-0.3, -0.25) is 14.4 Å². The predicted molar refractivity (Wildman–Crippen MR) is 251 cm³/mol. The standard InChI is InChI=1S/C53H90O6/c1-4-7-10-13-16-19-22-24-25-26-27-28-29-30-32-34-37-40-43-46-52(55)58-49-50(48-57-51(54)45-42-39-36-33-21-18-15-12-9-6-3)59-53(56)47-44-41-38-35-31-23-20-17-14-11-8-5-2/h7-8,10-11,15-20,24-25,50H,4-6,9,12-14,21-23,26-49H2,1-3H3/b10-7-,11-8-,18-15-,19-16-,20-17-,25-24-. The Kier molecular flexibility index (Phi) is 45.0. The van der Waals surface area contributed by atoms with Crippen molar-refractivity contribution in [3.63, 3.8) is 0 Å². The van der Waals surface area contributed by atoms with Gasteiger partial charge < -0.3 is 14.2 Å². The van der Waals surface area contributed by atoms with Crippen molar-refractivity contribution in [2.45, 2.75) is 232 Å². The second-order valence-corrected chi connectivity index (χ2v) is 16.0. The highest BCUT2D eigenvalue weighted by Gasteiger charge is 2.19. The molecule has 0 radical (unpaired) electrons. The summed E-state index contributed by atoms with van der Waals surface area (Å²) in [5.41, 5.74) is 0. The summed E-state index contributed by atoms with van der Waals surface area (Å²) >= 11 is 0. The lowest BCUT2D eigenvalue weighted by Gasteiger charge is -2.18. The molecule has 0 saturated heterocycles. The van der Waals surface area contributed by atoms with E-state index in [1.807, 2.05) is 0 Å². The van der Waals surface area contributed by atoms with Gasteiger partial charge in [0.2, 0.25) is 0 Å². The van der Waals surface area contributed by atoms with E-state index >= 15 is 0 Å². The number of unbranched alkanes of at least 4 members (excludes halogenated alkanes) is 20. The highest BCUT2D eigenvalue weighted by atomic mass is 16.6. The van der Waals surface area contributed by atoms with E-state index in [0.29, 0.717) is 19.3 Å². The van der Waals surface area contributed by atoms with E-state index in [4.69, 9.17) is 14.2 Å². The van der Waals surface area contributed by atoms with Gasteiger partial charge in [-0.1, -0.05) is 184 Å². The molecule has 1 atom stereocenters. The first kappa shape index (κ1) is 55.9. The van der Waals surface area contributed by atoms with Gasteiger partial charge in [0, 0.05) is 19.3 Å². The van der Waals surface area contributed by atoms with E-state index in [-0.39, 0.29) is 31.1 Å². The molecule has 338 valence electrons. The fourth-order valence-corrected chi connectivity index (χ4v) is 6.53. The van der Waals surface area contributed by atoms with Crippen molar-refractivity contribution in [3.05, 3.63) is 72.9 Å². The van der Waals surface area contributed by atoms with Gasteiger partial charge in [-0.2, -0.15) is 0 Å². The lowest BCUT2D eigenvalue weighted by Crippen LogP contribution is -2.30. The summed E-state index contributed by atoms with van der Waals surface area (Å²) in [6.45, 7) is 6.34. The lowest BCUT2D eigenvalue weighted by atomic mass is 10.1. The van der Waals surface area contributed by atoms with Crippen LogP contribution in [0.2, 0.25) is 0 Å². The third-order valence-electron chi connectivity index (χ3n) is 10.2. The minimum absolute atomic E-state index is 0.0881. The van der Waals surface area contributed by atoms with Crippen molar-refractivity contribution < 1.29 is 28.6 Å². The van der Waals surface area contributed by atoms with E-state index < -0.39 is 6.10 Å². The van der Waals surface area contributed by atoms with Crippen LogP contribution in [0.4, 0.5) is 0 Å². The molecule has 0 aromatic rings. The highest BCUT2D eigenvalue weighted by Crippen LogP contribution is 2.14. The zero-order valence-electron chi connectivity index (χ0n) is 38.5. The SMILES string of the molecule is CC/C=C\C/C=C\C/C=C\CCCCCCCCCCCC(=O)OCC(COC(=O)CCCCCC/C=C\CCCC)OC(=O)CCCCCCC/C=C\C/C=C\CC. The summed E-state index contributed by atoms with van der Waals surface area (Å²) in [7, 11) is 0. The van der Waals surface area contributed by atoms with Gasteiger partial charge in [0.25, 0.3) is 0 Å². The molecule has 6 nitrogen and oxygen atoms in total. The molecule has 0 aromatic heterocycles. The molecular weight excluding hydrogens is 733 g/mol. The Balaban J connectivity index is 4.34. The van der Waals surface area contributed by atoms with Crippen molar-refractivity contribution in [1.82, 2.24) is 0 Å². The first-order valence-corrected chi connectivity index (χ1v) is 24.4. The fraction of sp³-hybridized carbons (Fsp3) is 0.717. The van der Waals surface area contributed by atoms with Crippen molar-refractivity contribution in [2.75, 3.05) is 13.2 Å². The van der Waals surface area contributed by atoms with Gasteiger partial charge in [0.1, 0.15) is 13.2 Å². The molecule has 59 heavy (non-hydrogen) atoms. The predicted octanol–water partition coefficient (Wildman–Crippen LogP) is 15.9. The second-order valence-electron chi connectivity index (χ2n) is 16.0. The van der Waals surface area contributed by atoms with Crippen LogP contribution in [-0.2, 0) is 28.6 Å². The molecular formula is C53H90O6. The number of hydrogen-bond acceptors (Lipinski definition) is 6. The van der Waals surface area contributed by atoms with E-state index in [2.05, 4.69) is 93.7 Å². The average molecular weight is 823 g/mol. The van der Waals surface area contributed by atoms with Crippen molar-refractivity contribution >= 4 is 17.9 Å². The molecule has 0 spiro atoms. The maximum atomic E-state index is 12.7. The molecule has 0 heterocycles. The first-order valence-electron chi connectivity index (χ1n) is 24.4. The van der Waals surface area contributed by atoms with E-state index in [0.717, 1.165) is 128 Å². The number of esters is 3. The fourth-order valence-electron chi connectivity index (χ4n) is 6.53. The first-order chi connectivity index (χ1) is 29.0. The molecule has 0 fully saturated rings. The van der Waals surface area contributed by atoms with Crippen molar-refractivity contribution in [1.29, 1.82) is 0 Å². The van der Waals surface area contributed by atoms with Crippen LogP contribution in [0.1, 0.15) is 226 Å². The van der Waals surface area contributed by atoms with Gasteiger partial charge in [0.05, 0.1) is 0 Å². The Bertz CT molecular complexity index is 1130. The molecule has 6 heteroatoms. The number of carbonyl (C=O) groups is 3. The molecule has 0 rings (SSSR count). The summed E-state index contributed by atoms with van der Waals surface area (Å²) in [5, 5.41) is 0. The minimum Gasteiger partial charge on any atom is -0.462 e. The Morgan fingerprint density at radius 3 is 1.05 bits per heavy atom. The van der Waals surface area contributed by atoms with Gasteiger partial charge in [-0.15, -0.1) is 0 Å². The van der Waals surface area contributed by atoms with Crippen LogP contribution in [0, 0.1) is 0 Å². The molecule has 0 amide bonds. The second kappa shape index (κ2) is 47.5. The van der Waals surface area contributed by atoms with E-state index in [1.54, 1.807) is 0 Å². The van der Waals surface area contributed by atoms with E-state index in [9.17, 15) is 14.4 Å². The van der Waals surface area contributed by atoms with Crippen LogP contribution in [0.5, 0.6) is 0 Å². The summed E-state index contributed by atoms with van der Waals surface area (Å²) in [6.07, 6.45) is 58.9. The topological polar surface area (TPSA) is 78.9 Å². The average Bonchev–Trinajstić information content (AvgIpc) is 3.23. The zero-order chi connectivity index (χ0) is 43.0. The molecule has 0 bridgehead atoms. The maximum Gasteiger partial charge on any atom is 0.306 e. The number of hydrogen-bond donors (Lipinski definition) is 0. The Labute approximate surface area is 363 Å². The molecule has 0 saturated carbocycles. The van der Waals surface area contributed by atoms with Crippen LogP contribution in [-0.4, -0.2) is 37.2 Å². The molecule has 1 unspecified atom stereocenters. The summed E-state index contributed by atoms with van der Waals surface area (Å²) in [4.78, 5) is 37.8. The van der Waals surface area contributed by atoms with E-state index in [1.165, 1.54) is 57.8 Å². The largest absolute Gasteiger partial charge is 0.462 e. The maximum absolute atomic E-state index is 12.7. The molecule has 0 aliphatic rings. The third kappa shape index (κ3) is 45.8. The molecule has 0 aromatic carbocycles. The van der Waals surface area contributed by atoms with Crippen molar-refractivity contribution in [2.24, 2.45) is 0 Å². The van der Waals surface area contributed by atoms with Crippen LogP contribution >= 0.6 is 0 Å². The quantitative estimate of drug-likeness (QED) is 0.0264. The Morgan fingerprint density at radius 1 is 0.356 bits per heavy atom. The summed E-state index contributed by atoms with van der Waals surface area (Å²) < 4.78 is 16.7. The normalized spacial score (nSPS) is 12.7. The van der Waals surface area contributed by atoms with Gasteiger partial charge in [0.15, 0.2) is 6.10 Å². The number of rotatable bonds is 43. The van der Waals surface area contributed by atoms with Gasteiger partial charge in [-0.25, -0.2) is 0 Å². The van der Waals surface area contributed by atoms with Crippen LogP contribution in [0.3, 0.4) is 0 Å². The van der Waals surface area contributed by atoms with Crippen LogP contribution < -0.4 is 0 Å². The molecule has 0 N–H and O–H groups in total. The number of carbonyl (C=O) groups excluding carboxylic acids is 3. The van der Waals surface area contributed by atoms with Crippen molar-refractivity contribution in [3.8, 4) is 0 Å². The van der Waals surface area contributed by atoms with Crippen LogP contribution in [0.25, 0.3) is 0 Å². The Morgan fingerprint density at radius 2 is 0.661 bits per heavy atom. The van der Waals surface area contributed by atoms with Gasteiger partial charge >= 0.3 is 17.9 Å². The molecule has 0 aliphatic heterocycles. The highest BCUT2D eigenvalue weighted by molar-refractivity contribution is 5.71. The molecule has 0 aliphatic carbocycles. The minimum atomic E-state index is -0.787. The monoisotopic (exact) mass is 823 g/mol. The number of ether oxygens (including phenoxy) is 3. The van der Waals surface area contributed by atoms with Gasteiger partial charge in [-0.05, 0) is 96.3 Å². The summed E-state index contributed by atoms with van der Waals surface area (Å²) in [5.74, 6) is -0.925. The lowest BCUT2D eigenvalue weighted by molar-refractivity contribution is -0.167. The smallest absolute Gasteiger partial charge is 0.306 e. The Hall–Kier alpha value is -3.15. The zero-order valence-corrected chi connectivity index (χ0v) is 38.5.